The van der Waals surface area contributed by atoms with E-state index in [-0.39, 0.29) is 12.5 Å². The van der Waals surface area contributed by atoms with E-state index in [4.69, 9.17) is 4.74 Å². The summed E-state index contributed by atoms with van der Waals surface area (Å²) in [7, 11) is 0. The molecule has 0 saturated heterocycles. The SMILES string of the molecule is CCn1ncc2ccc(NC(=O)COc3ccc4ccccc4c3)cc21. The summed E-state index contributed by atoms with van der Waals surface area (Å²) in [5.74, 6) is 0.485. The van der Waals surface area contributed by atoms with Crippen LogP contribution in [-0.4, -0.2) is 22.3 Å². The van der Waals surface area contributed by atoms with E-state index < -0.39 is 0 Å². The van der Waals surface area contributed by atoms with Gasteiger partial charge in [0.15, 0.2) is 6.61 Å². The summed E-state index contributed by atoms with van der Waals surface area (Å²) in [6, 6.07) is 19.6. The zero-order chi connectivity index (χ0) is 17.9. The quantitative estimate of drug-likeness (QED) is 0.589. The van der Waals surface area contributed by atoms with Gasteiger partial charge >= 0.3 is 0 Å². The molecule has 1 amide bonds. The number of amides is 1. The highest BCUT2D eigenvalue weighted by Gasteiger charge is 2.07. The van der Waals surface area contributed by atoms with Gasteiger partial charge in [0.2, 0.25) is 0 Å². The van der Waals surface area contributed by atoms with Crippen LogP contribution in [0.5, 0.6) is 5.75 Å². The fourth-order valence-electron chi connectivity index (χ4n) is 3.00. The Balaban J connectivity index is 1.43. The van der Waals surface area contributed by atoms with Gasteiger partial charge in [0, 0.05) is 17.6 Å². The van der Waals surface area contributed by atoms with Gasteiger partial charge in [0.05, 0.1) is 11.7 Å². The van der Waals surface area contributed by atoms with Crippen molar-refractivity contribution >= 4 is 33.3 Å². The van der Waals surface area contributed by atoms with Crippen molar-refractivity contribution in [3.05, 3.63) is 66.9 Å². The second kappa shape index (κ2) is 6.88. The number of anilines is 1. The third-order valence-corrected chi connectivity index (χ3v) is 4.32. The molecule has 0 aliphatic carbocycles. The average molecular weight is 345 g/mol. The van der Waals surface area contributed by atoms with Crippen molar-refractivity contribution < 1.29 is 9.53 Å². The second-order valence-electron chi connectivity index (χ2n) is 6.08. The Morgan fingerprint density at radius 1 is 1.04 bits per heavy atom. The molecule has 0 aliphatic heterocycles. The summed E-state index contributed by atoms with van der Waals surface area (Å²) in [6.45, 7) is 2.78. The Morgan fingerprint density at radius 2 is 1.85 bits per heavy atom. The van der Waals surface area contributed by atoms with Crippen LogP contribution in [0.2, 0.25) is 0 Å². The minimum Gasteiger partial charge on any atom is -0.484 e. The molecule has 26 heavy (non-hydrogen) atoms. The van der Waals surface area contributed by atoms with E-state index in [0.29, 0.717) is 5.75 Å². The fourth-order valence-corrected chi connectivity index (χ4v) is 3.00. The lowest BCUT2D eigenvalue weighted by Crippen LogP contribution is -2.20. The number of rotatable bonds is 5. The molecule has 1 heterocycles. The topological polar surface area (TPSA) is 56.2 Å². The summed E-state index contributed by atoms with van der Waals surface area (Å²) in [5.41, 5.74) is 1.74. The van der Waals surface area contributed by atoms with E-state index in [2.05, 4.69) is 10.4 Å². The van der Waals surface area contributed by atoms with E-state index >= 15 is 0 Å². The molecule has 5 nitrogen and oxygen atoms in total. The summed E-state index contributed by atoms with van der Waals surface area (Å²) >= 11 is 0. The molecule has 0 fully saturated rings. The van der Waals surface area contributed by atoms with Crippen LogP contribution >= 0.6 is 0 Å². The minimum absolute atomic E-state index is 0.0383. The number of nitrogens with zero attached hydrogens (tertiary/aromatic N) is 2. The number of aromatic nitrogens is 2. The molecule has 3 aromatic carbocycles. The first kappa shape index (κ1) is 16.1. The Kier molecular flexibility index (Phi) is 4.27. The summed E-state index contributed by atoms with van der Waals surface area (Å²) in [4.78, 5) is 12.2. The lowest BCUT2D eigenvalue weighted by Gasteiger charge is -2.09. The lowest BCUT2D eigenvalue weighted by molar-refractivity contribution is -0.118. The van der Waals surface area contributed by atoms with Crippen molar-refractivity contribution in [2.45, 2.75) is 13.5 Å². The number of aryl methyl sites for hydroxylation is 1. The predicted molar refractivity (Wildman–Crippen MR) is 103 cm³/mol. The zero-order valence-corrected chi connectivity index (χ0v) is 14.5. The first-order chi connectivity index (χ1) is 12.7. The molecule has 130 valence electrons. The first-order valence-corrected chi connectivity index (χ1v) is 8.60. The van der Waals surface area contributed by atoms with Crippen LogP contribution in [-0.2, 0) is 11.3 Å². The maximum absolute atomic E-state index is 12.2. The third-order valence-electron chi connectivity index (χ3n) is 4.32. The summed E-state index contributed by atoms with van der Waals surface area (Å²) in [6.07, 6.45) is 1.83. The van der Waals surface area contributed by atoms with Crippen molar-refractivity contribution in [3.63, 3.8) is 0 Å². The molecule has 0 bridgehead atoms. The molecule has 0 spiro atoms. The van der Waals surface area contributed by atoms with Gasteiger partial charge < -0.3 is 10.1 Å². The van der Waals surface area contributed by atoms with Gasteiger partial charge in [-0.1, -0.05) is 30.3 Å². The van der Waals surface area contributed by atoms with Gasteiger partial charge in [-0.2, -0.15) is 5.10 Å². The van der Waals surface area contributed by atoms with E-state index in [1.807, 2.05) is 78.5 Å². The second-order valence-corrected chi connectivity index (χ2v) is 6.08. The van der Waals surface area contributed by atoms with Crippen molar-refractivity contribution in [3.8, 4) is 5.75 Å². The van der Waals surface area contributed by atoms with E-state index in [9.17, 15) is 4.79 Å². The molecule has 0 unspecified atom stereocenters. The standard InChI is InChI=1S/C21H19N3O2/c1-2-24-20-12-18(9-7-17(20)13-22-24)23-21(25)14-26-19-10-8-15-5-3-4-6-16(15)11-19/h3-13H,2,14H2,1H3,(H,23,25). The first-order valence-electron chi connectivity index (χ1n) is 8.60. The highest BCUT2D eigenvalue weighted by molar-refractivity contribution is 5.94. The molecule has 4 aromatic rings. The molecule has 4 rings (SSSR count). The van der Waals surface area contributed by atoms with Gasteiger partial charge in [0.25, 0.3) is 5.91 Å². The van der Waals surface area contributed by atoms with Crippen molar-refractivity contribution in [1.29, 1.82) is 0 Å². The number of ether oxygens (including phenoxy) is 1. The van der Waals surface area contributed by atoms with Gasteiger partial charge in [-0.3, -0.25) is 9.48 Å². The number of carbonyl (C=O) groups is 1. The Labute approximate surface area is 151 Å². The van der Waals surface area contributed by atoms with Gasteiger partial charge in [0.1, 0.15) is 5.75 Å². The molecule has 1 aromatic heterocycles. The molecular weight excluding hydrogens is 326 g/mol. The van der Waals surface area contributed by atoms with Crippen molar-refractivity contribution in [2.24, 2.45) is 0 Å². The Bertz CT molecular complexity index is 1080. The van der Waals surface area contributed by atoms with E-state index in [1.54, 1.807) is 0 Å². The van der Waals surface area contributed by atoms with Gasteiger partial charge in [-0.25, -0.2) is 0 Å². The maximum Gasteiger partial charge on any atom is 0.262 e. The molecule has 0 saturated carbocycles. The minimum atomic E-state index is -0.194. The lowest BCUT2D eigenvalue weighted by atomic mass is 10.1. The van der Waals surface area contributed by atoms with Crippen LogP contribution in [0, 0.1) is 0 Å². The van der Waals surface area contributed by atoms with E-state index in [1.165, 1.54) is 0 Å². The van der Waals surface area contributed by atoms with Gasteiger partial charge in [-0.05, 0) is 48.0 Å². The number of fused-ring (bicyclic) bond motifs is 2. The molecule has 5 heteroatoms. The zero-order valence-electron chi connectivity index (χ0n) is 14.5. The molecule has 0 aliphatic rings. The van der Waals surface area contributed by atoms with Crippen LogP contribution in [0.15, 0.2) is 66.9 Å². The highest BCUT2D eigenvalue weighted by atomic mass is 16.5. The predicted octanol–water partition coefficient (Wildman–Crippen LogP) is 4.23. The van der Waals surface area contributed by atoms with Crippen molar-refractivity contribution in [2.75, 3.05) is 11.9 Å². The largest absolute Gasteiger partial charge is 0.484 e. The molecule has 0 atom stereocenters. The molecule has 1 N–H and O–H groups in total. The smallest absolute Gasteiger partial charge is 0.262 e. The number of carbonyl (C=O) groups excluding carboxylic acids is 1. The van der Waals surface area contributed by atoms with Crippen LogP contribution in [0.4, 0.5) is 5.69 Å². The average Bonchev–Trinajstić information content (AvgIpc) is 3.08. The van der Waals surface area contributed by atoms with Crippen LogP contribution in [0.1, 0.15) is 6.92 Å². The number of hydrogen-bond donors (Lipinski definition) is 1. The van der Waals surface area contributed by atoms with E-state index in [0.717, 1.165) is 33.9 Å². The third kappa shape index (κ3) is 3.24. The van der Waals surface area contributed by atoms with Crippen molar-refractivity contribution in [1.82, 2.24) is 9.78 Å². The van der Waals surface area contributed by atoms with Crippen LogP contribution < -0.4 is 10.1 Å². The number of hydrogen-bond acceptors (Lipinski definition) is 3. The van der Waals surface area contributed by atoms with Crippen LogP contribution in [0.25, 0.3) is 21.7 Å². The normalized spacial score (nSPS) is 11.0. The summed E-state index contributed by atoms with van der Waals surface area (Å²) < 4.78 is 7.54. The van der Waals surface area contributed by atoms with Crippen LogP contribution in [0.3, 0.4) is 0 Å². The number of benzene rings is 3. The monoisotopic (exact) mass is 345 g/mol. The Morgan fingerprint density at radius 3 is 2.69 bits per heavy atom. The maximum atomic E-state index is 12.2. The highest BCUT2D eigenvalue weighted by Crippen LogP contribution is 2.21. The molecular formula is C21H19N3O2. The number of nitrogens with one attached hydrogen (secondary N) is 1. The summed E-state index contributed by atoms with van der Waals surface area (Å²) in [5, 5.41) is 10.5. The Hall–Kier alpha value is -3.34. The molecule has 0 radical (unpaired) electrons. The van der Waals surface area contributed by atoms with Gasteiger partial charge in [-0.15, -0.1) is 0 Å². The fraction of sp³-hybridized carbons (Fsp3) is 0.143.